The van der Waals surface area contributed by atoms with E-state index < -0.39 is 6.10 Å². The fourth-order valence-electron chi connectivity index (χ4n) is 3.44. The average Bonchev–Trinajstić information content (AvgIpc) is 2.77. The Labute approximate surface area is 173 Å². The number of fused-ring (bicyclic) bond motifs is 1. The van der Waals surface area contributed by atoms with Crippen molar-refractivity contribution in [2.24, 2.45) is 0 Å². The van der Waals surface area contributed by atoms with Crippen LogP contribution in [0.4, 0.5) is 5.69 Å². The molecule has 3 aromatic rings. The van der Waals surface area contributed by atoms with Gasteiger partial charge in [-0.1, -0.05) is 49.4 Å². The zero-order chi connectivity index (χ0) is 20.6. The molecule has 0 aliphatic carbocycles. The predicted molar refractivity (Wildman–Crippen MR) is 121 cm³/mol. The van der Waals surface area contributed by atoms with Gasteiger partial charge in [0.15, 0.2) is 6.10 Å². The van der Waals surface area contributed by atoms with Gasteiger partial charge in [-0.25, -0.2) is 0 Å². The minimum atomic E-state index is -0.508. The smallest absolute Gasteiger partial charge is 0.261 e. The van der Waals surface area contributed by atoms with Crippen LogP contribution in [0.25, 0.3) is 10.8 Å². The highest BCUT2D eigenvalue weighted by Crippen LogP contribution is 2.22. The monoisotopic (exact) mass is 390 g/mol. The van der Waals surface area contributed by atoms with Crippen LogP contribution in [0, 0.1) is 0 Å². The van der Waals surface area contributed by atoms with E-state index in [1.54, 1.807) is 0 Å². The summed E-state index contributed by atoms with van der Waals surface area (Å²) in [5.74, 6) is 0.628. The third-order valence-electron chi connectivity index (χ3n) is 5.19. The molecule has 3 aromatic carbocycles. The molecule has 4 nitrogen and oxygen atoms in total. The van der Waals surface area contributed by atoms with Gasteiger partial charge in [-0.05, 0) is 60.9 Å². The fraction of sp³-hybridized carbons (Fsp3) is 0.320. The normalized spacial score (nSPS) is 11.8. The van der Waals surface area contributed by atoms with Crippen LogP contribution in [-0.4, -0.2) is 25.1 Å². The fourth-order valence-corrected chi connectivity index (χ4v) is 3.44. The Morgan fingerprint density at radius 2 is 1.62 bits per heavy atom. The lowest BCUT2D eigenvalue weighted by atomic mass is 10.1. The number of hydrogen-bond acceptors (Lipinski definition) is 3. The van der Waals surface area contributed by atoms with Crippen LogP contribution in [-0.2, 0) is 11.3 Å². The molecule has 152 valence electrons. The Morgan fingerprint density at radius 3 is 2.28 bits per heavy atom. The van der Waals surface area contributed by atoms with Crippen LogP contribution in [0.15, 0.2) is 66.7 Å². The molecule has 1 amide bonds. The van der Waals surface area contributed by atoms with Crippen molar-refractivity contribution in [3.05, 3.63) is 72.3 Å². The van der Waals surface area contributed by atoms with Crippen molar-refractivity contribution in [3.63, 3.8) is 0 Å². The largest absolute Gasteiger partial charge is 0.481 e. The van der Waals surface area contributed by atoms with Gasteiger partial charge < -0.3 is 15.0 Å². The van der Waals surface area contributed by atoms with Gasteiger partial charge >= 0.3 is 0 Å². The second-order valence-electron chi connectivity index (χ2n) is 7.08. The van der Waals surface area contributed by atoms with E-state index in [1.807, 2.05) is 43.3 Å². The molecule has 0 aromatic heterocycles. The Balaban J connectivity index is 1.59. The second-order valence-corrected chi connectivity index (χ2v) is 7.08. The van der Waals surface area contributed by atoms with Crippen molar-refractivity contribution in [3.8, 4) is 5.75 Å². The average molecular weight is 391 g/mol. The predicted octanol–water partition coefficient (Wildman–Crippen LogP) is 5.16. The zero-order valence-electron chi connectivity index (χ0n) is 17.5. The first-order valence-electron chi connectivity index (χ1n) is 10.4. The topological polar surface area (TPSA) is 41.6 Å². The number of nitrogens with one attached hydrogen (secondary N) is 1. The minimum Gasteiger partial charge on any atom is -0.481 e. The van der Waals surface area contributed by atoms with Crippen molar-refractivity contribution in [2.75, 3.05) is 18.0 Å². The third-order valence-corrected chi connectivity index (χ3v) is 5.19. The van der Waals surface area contributed by atoms with E-state index in [-0.39, 0.29) is 5.91 Å². The second kappa shape index (κ2) is 9.97. The third kappa shape index (κ3) is 5.29. The molecule has 0 aliphatic rings. The van der Waals surface area contributed by atoms with Crippen molar-refractivity contribution >= 4 is 22.4 Å². The lowest BCUT2D eigenvalue weighted by Crippen LogP contribution is -2.37. The summed E-state index contributed by atoms with van der Waals surface area (Å²) in [6.07, 6.45) is 0.102. The first kappa shape index (κ1) is 20.7. The van der Waals surface area contributed by atoms with Crippen molar-refractivity contribution in [1.29, 1.82) is 0 Å². The van der Waals surface area contributed by atoms with Crippen molar-refractivity contribution in [2.45, 2.75) is 39.8 Å². The van der Waals surface area contributed by atoms with E-state index in [9.17, 15) is 4.79 Å². The summed E-state index contributed by atoms with van der Waals surface area (Å²) in [5, 5.41) is 5.27. The Bertz CT molecular complexity index is 933. The van der Waals surface area contributed by atoms with E-state index in [4.69, 9.17) is 4.74 Å². The lowest BCUT2D eigenvalue weighted by molar-refractivity contribution is -0.128. The number of anilines is 1. The molecule has 0 saturated heterocycles. The quantitative estimate of drug-likeness (QED) is 0.549. The van der Waals surface area contributed by atoms with Gasteiger partial charge in [-0.15, -0.1) is 0 Å². The first-order valence-corrected chi connectivity index (χ1v) is 10.4. The summed E-state index contributed by atoms with van der Waals surface area (Å²) in [6.45, 7) is 8.73. The molecule has 0 heterocycles. The molecule has 0 aliphatic heterocycles. The molecule has 0 fully saturated rings. The summed E-state index contributed by atoms with van der Waals surface area (Å²) < 4.78 is 5.98. The maximum absolute atomic E-state index is 12.6. The molecule has 1 unspecified atom stereocenters. The number of hydrogen-bond donors (Lipinski definition) is 1. The number of benzene rings is 3. The molecule has 0 radical (unpaired) electrons. The van der Waals surface area contributed by atoms with Gasteiger partial charge in [-0.2, -0.15) is 0 Å². The molecule has 29 heavy (non-hydrogen) atoms. The number of ether oxygens (including phenoxy) is 1. The molecule has 0 bridgehead atoms. The SMILES string of the molecule is CCC(Oc1ccc2ccccc2c1)C(=O)NCc1ccc(N(CC)CC)cc1. The van der Waals surface area contributed by atoms with Crippen LogP contribution in [0.1, 0.15) is 32.8 Å². The molecule has 0 spiro atoms. The minimum absolute atomic E-state index is 0.0894. The molecule has 1 N–H and O–H groups in total. The van der Waals surface area contributed by atoms with Gasteiger partial charge in [0, 0.05) is 25.3 Å². The number of carbonyl (C=O) groups is 1. The highest BCUT2D eigenvalue weighted by molar-refractivity contribution is 5.84. The van der Waals surface area contributed by atoms with Gasteiger partial charge in [-0.3, -0.25) is 4.79 Å². The van der Waals surface area contributed by atoms with Gasteiger partial charge in [0.05, 0.1) is 0 Å². The highest BCUT2D eigenvalue weighted by atomic mass is 16.5. The maximum Gasteiger partial charge on any atom is 0.261 e. The van der Waals surface area contributed by atoms with Crippen molar-refractivity contribution in [1.82, 2.24) is 5.32 Å². The van der Waals surface area contributed by atoms with Crippen LogP contribution in [0.2, 0.25) is 0 Å². The summed E-state index contributed by atoms with van der Waals surface area (Å²) >= 11 is 0. The molecule has 4 heteroatoms. The van der Waals surface area contributed by atoms with E-state index >= 15 is 0 Å². The standard InChI is InChI=1S/C25H30N2O2/c1-4-24(29-23-16-13-20-9-7-8-10-21(20)17-23)25(28)26-18-19-11-14-22(15-12-19)27(5-2)6-3/h7-17,24H,4-6,18H2,1-3H3,(H,26,28). The highest BCUT2D eigenvalue weighted by Gasteiger charge is 2.18. The Hall–Kier alpha value is -3.01. The number of carbonyl (C=O) groups excluding carboxylic acids is 1. The Kier molecular flexibility index (Phi) is 7.12. The lowest BCUT2D eigenvalue weighted by Gasteiger charge is -2.21. The molecular formula is C25H30N2O2. The van der Waals surface area contributed by atoms with Crippen molar-refractivity contribution < 1.29 is 9.53 Å². The summed E-state index contributed by atoms with van der Waals surface area (Å²) in [7, 11) is 0. The van der Waals surface area contributed by atoms with E-state index in [0.29, 0.717) is 18.7 Å². The summed E-state index contributed by atoms with van der Waals surface area (Å²) in [5.41, 5.74) is 2.28. The summed E-state index contributed by atoms with van der Waals surface area (Å²) in [4.78, 5) is 14.9. The van der Waals surface area contributed by atoms with Crippen LogP contribution in [0.5, 0.6) is 5.75 Å². The van der Waals surface area contributed by atoms with Crippen LogP contribution in [0.3, 0.4) is 0 Å². The molecule has 3 rings (SSSR count). The van der Waals surface area contributed by atoms with Gasteiger partial charge in [0.2, 0.25) is 0 Å². The van der Waals surface area contributed by atoms with Gasteiger partial charge in [0.1, 0.15) is 5.75 Å². The zero-order valence-corrected chi connectivity index (χ0v) is 17.5. The molecule has 1 atom stereocenters. The van der Waals surface area contributed by atoms with Gasteiger partial charge in [0.25, 0.3) is 5.91 Å². The molecule has 0 saturated carbocycles. The first-order chi connectivity index (χ1) is 14.1. The number of nitrogens with zero attached hydrogens (tertiary/aromatic N) is 1. The van der Waals surface area contributed by atoms with Crippen LogP contribution >= 0.6 is 0 Å². The number of rotatable bonds is 9. The van der Waals surface area contributed by atoms with E-state index in [1.165, 1.54) is 5.69 Å². The Morgan fingerprint density at radius 1 is 0.931 bits per heavy atom. The number of amides is 1. The maximum atomic E-state index is 12.6. The van der Waals surface area contributed by atoms with E-state index in [2.05, 4.69) is 54.4 Å². The van der Waals surface area contributed by atoms with Crippen LogP contribution < -0.4 is 15.0 Å². The summed E-state index contributed by atoms with van der Waals surface area (Å²) in [6, 6.07) is 22.4. The van der Waals surface area contributed by atoms with E-state index in [0.717, 1.165) is 29.4 Å². The molecular weight excluding hydrogens is 360 g/mol.